The lowest BCUT2D eigenvalue weighted by Crippen LogP contribution is -2.41. The number of fused-ring (bicyclic) bond motifs is 2. The Balaban J connectivity index is 1.48. The summed E-state index contributed by atoms with van der Waals surface area (Å²) in [5, 5.41) is 0. The van der Waals surface area contributed by atoms with Crippen LogP contribution in [0.2, 0.25) is 0 Å². The fourth-order valence-corrected chi connectivity index (χ4v) is 5.88. The van der Waals surface area contributed by atoms with Gasteiger partial charge in [-0.3, -0.25) is 19.1 Å². The van der Waals surface area contributed by atoms with Crippen molar-refractivity contribution in [1.82, 2.24) is 14.4 Å². The highest BCUT2D eigenvalue weighted by atomic mass is 31.2. The second-order valence-corrected chi connectivity index (χ2v) is 11.5. The highest BCUT2D eigenvalue weighted by Crippen LogP contribution is 2.42. The Labute approximate surface area is 222 Å². The maximum atomic E-state index is 13.0. The van der Waals surface area contributed by atoms with Crippen molar-refractivity contribution in [3.8, 4) is 5.75 Å². The van der Waals surface area contributed by atoms with Crippen LogP contribution < -0.4 is 9.30 Å². The minimum absolute atomic E-state index is 0.00250. The van der Waals surface area contributed by atoms with E-state index in [-0.39, 0.29) is 37.7 Å². The smallest absolute Gasteiger partial charge is 0.328 e. The summed E-state index contributed by atoms with van der Waals surface area (Å²) >= 11 is 0. The van der Waals surface area contributed by atoms with Crippen LogP contribution in [0.4, 0.5) is 0 Å². The van der Waals surface area contributed by atoms with E-state index in [1.165, 1.54) is 4.90 Å². The van der Waals surface area contributed by atoms with Crippen molar-refractivity contribution in [2.75, 3.05) is 40.0 Å². The monoisotopic (exact) mass is 543 g/mol. The van der Waals surface area contributed by atoms with Crippen LogP contribution in [-0.4, -0.2) is 71.1 Å². The number of aryl methyl sites for hydroxylation is 2. The molecular formula is C27H36N4O6P+. The summed E-state index contributed by atoms with van der Waals surface area (Å²) in [6, 6.07) is 12.6. The third-order valence-electron chi connectivity index (χ3n) is 6.65. The summed E-state index contributed by atoms with van der Waals surface area (Å²) in [5.74, 6) is 0.879. The fourth-order valence-electron chi connectivity index (χ4n) is 4.85. The third-order valence-corrected chi connectivity index (χ3v) is 8.12. The van der Waals surface area contributed by atoms with Gasteiger partial charge in [-0.05, 0) is 65.2 Å². The molecule has 3 aromatic rings. The number of imide groups is 1. The van der Waals surface area contributed by atoms with Gasteiger partial charge in [-0.1, -0.05) is 12.1 Å². The molecule has 38 heavy (non-hydrogen) atoms. The van der Waals surface area contributed by atoms with E-state index in [0.29, 0.717) is 42.9 Å². The Bertz CT molecular complexity index is 1350. The van der Waals surface area contributed by atoms with E-state index in [2.05, 4.69) is 9.13 Å². The Kier molecular flexibility index (Phi) is 8.67. The van der Waals surface area contributed by atoms with Gasteiger partial charge in [-0.15, -0.1) is 0 Å². The number of carbonyl (C=O) groups is 2. The second kappa shape index (κ2) is 11.8. The van der Waals surface area contributed by atoms with Gasteiger partial charge in [0.05, 0.1) is 37.0 Å². The van der Waals surface area contributed by atoms with Gasteiger partial charge in [0.25, 0.3) is 17.6 Å². The number of ether oxygens (including phenoxy) is 1. The average molecular weight is 544 g/mol. The Morgan fingerprint density at radius 2 is 1.71 bits per heavy atom. The molecule has 0 radical (unpaired) electrons. The lowest BCUT2D eigenvalue weighted by atomic mass is 10.1. The molecular weight excluding hydrogens is 507 g/mol. The first-order valence-electron chi connectivity index (χ1n) is 12.9. The molecule has 0 spiro atoms. The predicted molar refractivity (Wildman–Crippen MR) is 143 cm³/mol. The number of rotatable bonds is 13. The van der Waals surface area contributed by atoms with Crippen LogP contribution in [0, 0.1) is 0 Å². The van der Waals surface area contributed by atoms with Crippen molar-refractivity contribution in [1.29, 1.82) is 0 Å². The molecule has 2 aromatic carbocycles. The quantitative estimate of drug-likeness (QED) is 0.153. The second-order valence-electron chi connectivity index (χ2n) is 9.50. The number of imidazole rings is 1. The number of amides is 2. The predicted octanol–water partition coefficient (Wildman–Crippen LogP) is 3.30. The summed E-state index contributed by atoms with van der Waals surface area (Å²) in [4.78, 5) is 39.3. The summed E-state index contributed by atoms with van der Waals surface area (Å²) in [5.41, 5.74) is 2.74. The van der Waals surface area contributed by atoms with Gasteiger partial charge in [0.1, 0.15) is 18.9 Å². The van der Waals surface area contributed by atoms with Crippen LogP contribution in [0.1, 0.15) is 46.8 Å². The van der Waals surface area contributed by atoms with E-state index in [0.717, 1.165) is 16.9 Å². The van der Waals surface area contributed by atoms with E-state index >= 15 is 0 Å². The molecule has 204 valence electrons. The first kappa shape index (κ1) is 28.0. The molecule has 0 aliphatic carbocycles. The van der Waals surface area contributed by atoms with Gasteiger partial charge in [0.15, 0.2) is 11.0 Å². The normalized spacial score (nSPS) is 14.9. The molecule has 1 N–H and O–H groups in total. The van der Waals surface area contributed by atoms with Crippen molar-refractivity contribution in [3.05, 3.63) is 59.4 Å². The van der Waals surface area contributed by atoms with Gasteiger partial charge in [-0.2, -0.15) is 0 Å². The number of benzene rings is 2. The molecule has 0 saturated carbocycles. The van der Waals surface area contributed by atoms with Gasteiger partial charge < -0.3 is 19.1 Å². The Hall–Kier alpha value is -3.04. The Morgan fingerprint density at radius 3 is 2.32 bits per heavy atom. The lowest BCUT2D eigenvalue weighted by Gasteiger charge is -2.14. The zero-order chi connectivity index (χ0) is 27.4. The third kappa shape index (κ3) is 5.83. The van der Waals surface area contributed by atoms with E-state index < -0.39 is 7.60 Å². The first-order chi connectivity index (χ1) is 18.2. The molecule has 2 heterocycles. The summed E-state index contributed by atoms with van der Waals surface area (Å²) in [6.45, 7) is 6.35. The molecule has 1 atom stereocenters. The van der Waals surface area contributed by atoms with Crippen molar-refractivity contribution in [2.45, 2.75) is 39.9 Å². The highest BCUT2D eigenvalue weighted by Gasteiger charge is 2.38. The van der Waals surface area contributed by atoms with Crippen LogP contribution in [0.5, 0.6) is 5.75 Å². The van der Waals surface area contributed by atoms with E-state index in [9.17, 15) is 19.0 Å². The largest absolute Gasteiger partial charge is 0.491 e. The highest BCUT2D eigenvalue weighted by molar-refractivity contribution is 7.52. The number of carbonyl (C=O) groups excluding carboxylic acids is 2. The van der Waals surface area contributed by atoms with Gasteiger partial charge >= 0.3 is 7.60 Å². The first-order valence-corrected chi connectivity index (χ1v) is 14.7. The summed E-state index contributed by atoms with van der Waals surface area (Å²) in [7, 11) is 0.180. The van der Waals surface area contributed by atoms with Crippen LogP contribution in [0.25, 0.3) is 11.0 Å². The maximum Gasteiger partial charge on any atom is 0.328 e. The maximum absolute atomic E-state index is 13.0. The van der Waals surface area contributed by atoms with Crippen LogP contribution in [0.3, 0.4) is 0 Å². The molecule has 0 saturated heterocycles. The minimum Gasteiger partial charge on any atom is -0.491 e. The van der Waals surface area contributed by atoms with Crippen molar-refractivity contribution in [2.24, 2.45) is 0 Å². The van der Waals surface area contributed by atoms with Crippen molar-refractivity contribution >= 4 is 30.4 Å². The lowest BCUT2D eigenvalue weighted by molar-refractivity contribution is -0.677. The van der Waals surface area contributed by atoms with Crippen molar-refractivity contribution < 1.29 is 32.9 Å². The van der Waals surface area contributed by atoms with E-state index in [1.807, 2.05) is 51.0 Å². The van der Waals surface area contributed by atoms with Gasteiger partial charge in [0, 0.05) is 6.07 Å². The molecule has 1 aliphatic rings. The zero-order valence-electron chi connectivity index (χ0n) is 22.4. The topological polar surface area (TPSA) is 105 Å². The molecule has 4 rings (SSSR count). The molecule has 10 nitrogen and oxygen atoms in total. The number of nitrogens with zero attached hydrogens (tertiary/aromatic N) is 4. The van der Waals surface area contributed by atoms with E-state index in [4.69, 9.17) is 9.26 Å². The number of aromatic nitrogens is 2. The van der Waals surface area contributed by atoms with Crippen molar-refractivity contribution in [3.63, 3.8) is 0 Å². The molecule has 0 fully saturated rings. The minimum atomic E-state index is -3.65. The van der Waals surface area contributed by atoms with Crippen LogP contribution in [-0.2, 0) is 28.7 Å². The molecule has 1 aromatic heterocycles. The van der Waals surface area contributed by atoms with Crippen LogP contribution >= 0.6 is 7.60 Å². The summed E-state index contributed by atoms with van der Waals surface area (Å²) < 4.78 is 27.4. The number of hydrogen-bond acceptors (Lipinski definition) is 6. The van der Waals surface area contributed by atoms with Crippen LogP contribution in [0.15, 0.2) is 42.5 Å². The average Bonchev–Trinajstić information content (AvgIpc) is 3.32. The van der Waals surface area contributed by atoms with Gasteiger partial charge in [-0.25, -0.2) is 9.13 Å². The zero-order valence-corrected chi connectivity index (χ0v) is 23.3. The molecule has 1 aliphatic heterocycles. The summed E-state index contributed by atoms with van der Waals surface area (Å²) in [6.07, 6.45) is 0.681. The Morgan fingerprint density at radius 1 is 1.03 bits per heavy atom. The molecule has 0 bridgehead atoms. The molecule has 2 amide bonds. The number of hydrogen-bond donors (Lipinski definition) is 1. The van der Waals surface area contributed by atoms with E-state index in [1.54, 1.807) is 24.3 Å². The standard InChI is InChI=1S/C27H35N4O6P/c1-5-29-23-13-12-20(36-15-16-37-38(34,35)17-9-14-28(3)4)18-24(23)30(6-2)25(29)19-31-26(32)21-10-7-8-11-22(21)27(31)33/h7-8,10-13,18H,5-6,9,14-17,19H2,1-4H3/p+1. The SMILES string of the molecule is CCn1c(CN2C(=O)c3ccccc3C2=O)[n+](CC)c2ccc(OCCOP(=O)(O)CCCN(C)C)cc21. The van der Waals surface area contributed by atoms with Gasteiger partial charge in [0.2, 0.25) is 0 Å². The fraction of sp³-hybridized carbons (Fsp3) is 0.444. The molecule has 1 unspecified atom stereocenters. The molecule has 11 heteroatoms.